The number of aryl methyl sites for hydroxylation is 1. The van der Waals surface area contributed by atoms with Crippen LogP contribution >= 0.6 is 0 Å². The Morgan fingerprint density at radius 3 is 2.87 bits per heavy atom. The number of methoxy groups -OCH3 is 1. The number of hydrogen-bond acceptors (Lipinski definition) is 7. The Labute approximate surface area is 184 Å². The summed E-state index contributed by atoms with van der Waals surface area (Å²) in [5.74, 6) is 2.16. The van der Waals surface area contributed by atoms with Gasteiger partial charge in [-0.1, -0.05) is 6.42 Å². The molecule has 172 valence electrons. The minimum atomic E-state index is -0.250. The molecule has 0 radical (unpaired) electrons. The number of hydrogen-bond donors (Lipinski definition) is 2. The molecule has 1 aromatic rings. The standard InChI is InChI=1S/C21H33N5O2.CH2O2/c1-15-6-8-22-21(24-15)25-13-16-11-17(14-25)19(12-23-20(27)7-10-28-2)26-9-4-3-5-18(16)26;2-1-3/h6,8,16-19H,3-5,7,9-14H2,1-2H3,(H,23,27);1H,(H,2,3)/t16-,17+,18+,19+;/m1./s1. The topological polar surface area (TPSA) is 108 Å². The monoisotopic (exact) mass is 433 g/mol. The summed E-state index contributed by atoms with van der Waals surface area (Å²) >= 11 is 0. The van der Waals surface area contributed by atoms with E-state index in [1.165, 1.54) is 25.7 Å². The minimum absolute atomic E-state index is 0.0900. The van der Waals surface area contributed by atoms with Gasteiger partial charge in [-0.05, 0) is 50.6 Å². The lowest BCUT2D eigenvalue weighted by atomic mass is 9.72. The van der Waals surface area contributed by atoms with E-state index >= 15 is 0 Å². The number of anilines is 1. The van der Waals surface area contributed by atoms with E-state index in [1.807, 2.05) is 19.2 Å². The number of piperidine rings is 3. The van der Waals surface area contributed by atoms with Crippen molar-refractivity contribution in [2.75, 3.05) is 44.8 Å². The maximum atomic E-state index is 12.2. The van der Waals surface area contributed by atoms with E-state index in [0.29, 0.717) is 36.9 Å². The second-order valence-corrected chi connectivity index (χ2v) is 8.68. The van der Waals surface area contributed by atoms with Crippen molar-refractivity contribution in [3.8, 4) is 0 Å². The van der Waals surface area contributed by atoms with Crippen molar-refractivity contribution in [3.05, 3.63) is 18.0 Å². The van der Waals surface area contributed by atoms with Gasteiger partial charge in [0.2, 0.25) is 11.9 Å². The highest BCUT2D eigenvalue weighted by Crippen LogP contribution is 2.41. The molecular weight excluding hydrogens is 398 g/mol. The fourth-order valence-electron chi connectivity index (χ4n) is 5.44. The zero-order chi connectivity index (χ0) is 22.2. The van der Waals surface area contributed by atoms with Gasteiger partial charge in [0.05, 0.1) is 6.61 Å². The van der Waals surface area contributed by atoms with Gasteiger partial charge in [-0.25, -0.2) is 9.97 Å². The van der Waals surface area contributed by atoms with E-state index in [0.717, 1.165) is 37.8 Å². The molecule has 0 unspecified atom stereocenters. The predicted octanol–water partition coefficient (Wildman–Crippen LogP) is 1.32. The van der Waals surface area contributed by atoms with E-state index in [-0.39, 0.29) is 12.4 Å². The van der Waals surface area contributed by atoms with Crippen LogP contribution in [0.2, 0.25) is 0 Å². The van der Waals surface area contributed by atoms with Gasteiger partial charge in [0, 0.05) is 57.1 Å². The number of nitrogens with one attached hydrogen (secondary N) is 1. The van der Waals surface area contributed by atoms with Gasteiger partial charge in [-0.2, -0.15) is 0 Å². The first-order chi connectivity index (χ1) is 15.1. The molecule has 4 heterocycles. The molecule has 1 aromatic heterocycles. The molecule has 3 fully saturated rings. The van der Waals surface area contributed by atoms with Crippen LogP contribution in [-0.4, -0.2) is 84.3 Å². The van der Waals surface area contributed by atoms with Crippen molar-refractivity contribution in [3.63, 3.8) is 0 Å². The predicted molar refractivity (Wildman–Crippen MR) is 117 cm³/mol. The van der Waals surface area contributed by atoms with Crippen LogP contribution in [0.3, 0.4) is 0 Å². The molecule has 1 amide bonds. The van der Waals surface area contributed by atoms with Gasteiger partial charge in [0.25, 0.3) is 6.47 Å². The largest absolute Gasteiger partial charge is 0.483 e. The Hall–Kier alpha value is -2.26. The summed E-state index contributed by atoms with van der Waals surface area (Å²) in [7, 11) is 1.64. The van der Waals surface area contributed by atoms with E-state index < -0.39 is 0 Å². The maximum absolute atomic E-state index is 12.2. The summed E-state index contributed by atoms with van der Waals surface area (Å²) in [6, 6.07) is 2.98. The van der Waals surface area contributed by atoms with Gasteiger partial charge >= 0.3 is 0 Å². The maximum Gasteiger partial charge on any atom is 0.290 e. The number of ether oxygens (including phenoxy) is 1. The second kappa shape index (κ2) is 11.4. The lowest BCUT2D eigenvalue weighted by Crippen LogP contribution is -2.66. The summed E-state index contributed by atoms with van der Waals surface area (Å²) in [6.07, 6.45) is 7.41. The Morgan fingerprint density at radius 1 is 1.35 bits per heavy atom. The lowest BCUT2D eigenvalue weighted by molar-refractivity contribution is -0.123. The fourth-order valence-corrected chi connectivity index (χ4v) is 5.44. The van der Waals surface area contributed by atoms with Crippen molar-refractivity contribution in [1.82, 2.24) is 20.2 Å². The summed E-state index contributed by atoms with van der Waals surface area (Å²) < 4.78 is 5.04. The highest BCUT2D eigenvalue weighted by atomic mass is 16.5. The van der Waals surface area contributed by atoms with Crippen molar-refractivity contribution >= 4 is 18.3 Å². The third-order valence-electron chi connectivity index (χ3n) is 6.73. The quantitative estimate of drug-likeness (QED) is 0.647. The molecule has 4 atom stereocenters. The fraction of sp³-hybridized carbons (Fsp3) is 0.727. The van der Waals surface area contributed by atoms with E-state index in [1.54, 1.807) is 7.11 Å². The first-order valence-corrected chi connectivity index (χ1v) is 11.2. The number of rotatable bonds is 6. The average molecular weight is 434 g/mol. The molecule has 9 heteroatoms. The van der Waals surface area contributed by atoms with Gasteiger partial charge in [-0.15, -0.1) is 0 Å². The van der Waals surface area contributed by atoms with Crippen LogP contribution in [0.4, 0.5) is 5.95 Å². The zero-order valence-electron chi connectivity index (χ0n) is 18.6. The number of carbonyl (C=O) groups excluding carboxylic acids is 1. The molecule has 2 bridgehead atoms. The molecule has 31 heavy (non-hydrogen) atoms. The Balaban J connectivity index is 0.000000858. The molecule has 4 rings (SSSR count). The zero-order valence-corrected chi connectivity index (χ0v) is 18.6. The Bertz CT molecular complexity index is 734. The van der Waals surface area contributed by atoms with E-state index in [9.17, 15) is 4.79 Å². The Kier molecular flexibility index (Phi) is 8.60. The van der Waals surface area contributed by atoms with Gasteiger partial charge in [0.1, 0.15) is 0 Å². The van der Waals surface area contributed by atoms with Crippen LogP contribution in [0.15, 0.2) is 12.3 Å². The van der Waals surface area contributed by atoms with Gasteiger partial charge in [-0.3, -0.25) is 14.5 Å². The summed E-state index contributed by atoms with van der Waals surface area (Å²) in [4.78, 5) is 34.8. The molecule has 0 aromatic carbocycles. The number of aromatic nitrogens is 2. The summed E-state index contributed by atoms with van der Waals surface area (Å²) in [5.41, 5.74) is 1.02. The smallest absolute Gasteiger partial charge is 0.290 e. The molecule has 0 saturated carbocycles. The third kappa shape index (κ3) is 5.92. The summed E-state index contributed by atoms with van der Waals surface area (Å²) in [5, 5.41) is 10.1. The van der Waals surface area contributed by atoms with Crippen molar-refractivity contribution < 1.29 is 19.4 Å². The molecule has 3 saturated heterocycles. The van der Waals surface area contributed by atoms with Gasteiger partial charge in [0.15, 0.2) is 0 Å². The highest BCUT2D eigenvalue weighted by Gasteiger charge is 2.47. The first-order valence-electron chi connectivity index (χ1n) is 11.2. The van der Waals surface area contributed by atoms with Crippen LogP contribution in [0.1, 0.15) is 37.8 Å². The molecule has 3 aliphatic heterocycles. The molecular formula is C22H35N5O4. The number of carbonyl (C=O) groups is 2. The van der Waals surface area contributed by atoms with E-state index in [4.69, 9.17) is 14.6 Å². The van der Waals surface area contributed by atoms with Crippen molar-refractivity contribution in [1.29, 1.82) is 0 Å². The highest BCUT2D eigenvalue weighted by molar-refractivity contribution is 5.76. The number of amides is 1. The van der Waals surface area contributed by atoms with Crippen LogP contribution in [0.5, 0.6) is 0 Å². The molecule has 0 aliphatic carbocycles. The average Bonchev–Trinajstić information content (AvgIpc) is 2.78. The Morgan fingerprint density at radius 2 is 2.13 bits per heavy atom. The number of carboxylic acid groups (broad SMARTS) is 1. The van der Waals surface area contributed by atoms with E-state index in [2.05, 4.69) is 25.1 Å². The second-order valence-electron chi connectivity index (χ2n) is 8.68. The molecule has 2 N–H and O–H groups in total. The van der Waals surface area contributed by atoms with Crippen molar-refractivity contribution in [2.45, 2.75) is 51.1 Å². The van der Waals surface area contributed by atoms with Gasteiger partial charge < -0.3 is 20.1 Å². The SMILES string of the molecule is COCCC(=O)NC[C@H]1[C@H]2C[C@H](CN(c3nccc(C)n3)C2)[C@@H]2CCCCN21.O=CO. The number of fused-ring (bicyclic) bond motifs is 4. The third-order valence-corrected chi connectivity index (χ3v) is 6.73. The van der Waals surface area contributed by atoms with Crippen LogP contribution in [0, 0.1) is 18.8 Å². The molecule has 0 spiro atoms. The number of nitrogens with zero attached hydrogens (tertiary/aromatic N) is 4. The summed E-state index contributed by atoms with van der Waals surface area (Å²) in [6.45, 7) is 6.18. The van der Waals surface area contributed by atoms with Crippen molar-refractivity contribution in [2.24, 2.45) is 11.8 Å². The van der Waals surface area contributed by atoms with Crippen LogP contribution in [-0.2, 0) is 14.3 Å². The minimum Gasteiger partial charge on any atom is -0.483 e. The first kappa shape index (κ1) is 23.4. The molecule has 9 nitrogen and oxygen atoms in total. The van der Waals surface area contributed by atoms with Crippen LogP contribution < -0.4 is 10.2 Å². The molecule has 3 aliphatic rings. The lowest BCUT2D eigenvalue weighted by Gasteiger charge is -2.56. The normalized spacial score (nSPS) is 27.5. The van der Waals surface area contributed by atoms with Crippen LogP contribution in [0.25, 0.3) is 0 Å².